The molecule has 0 saturated heterocycles. The number of rotatable bonds is 7. The Morgan fingerprint density at radius 3 is 2.28 bits per heavy atom. The Labute approximate surface area is 152 Å². The fourth-order valence-electron chi connectivity index (χ4n) is 2.29. The van der Waals surface area contributed by atoms with Crippen molar-refractivity contribution in [2.24, 2.45) is 0 Å². The Bertz CT molecular complexity index is 765. The van der Waals surface area contributed by atoms with Gasteiger partial charge in [-0.3, -0.25) is 4.79 Å². The molecule has 0 aliphatic heterocycles. The van der Waals surface area contributed by atoms with Crippen LogP contribution in [-0.2, 0) is 4.79 Å². The summed E-state index contributed by atoms with van der Waals surface area (Å²) >= 11 is 6.07. The molecule has 0 bridgehead atoms. The number of benzene rings is 2. The van der Waals surface area contributed by atoms with Crippen molar-refractivity contribution < 1.29 is 19.0 Å². The molecule has 134 valence electrons. The second kappa shape index (κ2) is 8.48. The van der Waals surface area contributed by atoms with Gasteiger partial charge in [-0.2, -0.15) is 0 Å². The van der Waals surface area contributed by atoms with Gasteiger partial charge in [-0.15, -0.1) is 0 Å². The Kier molecular flexibility index (Phi) is 6.36. The summed E-state index contributed by atoms with van der Waals surface area (Å²) in [5.41, 5.74) is 2.25. The van der Waals surface area contributed by atoms with Crippen LogP contribution in [0.5, 0.6) is 17.2 Å². The maximum atomic E-state index is 12.3. The highest BCUT2D eigenvalue weighted by Crippen LogP contribution is 2.35. The minimum absolute atomic E-state index is 0.0399. The quantitative estimate of drug-likeness (QED) is 0.783. The molecule has 0 aliphatic rings. The molecular weight excluding hydrogens is 344 g/mol. The fraction of sp³-hybridized carbons (Fsp3) is 0.278. The fourth-order valence-corrected chi connectivity index (χ4v) is 2.52. The summed E-state index contributed by atoms with van der Waals surface area (Å²) in [4.78, 5) is 12.3. The Morgan fingerprint density at radius 2 is 1.64 bits per heavy atom. The van der Waals surface area contributed by atoms with Crippen molar-refractivity contribution in [3.63, 3.8) is 0 Å². The molecular formula is C18H21ClN2O4. The van der Waals surface area contributed by atoms with Gasteiger partial charge in [0.15, 0.2) is 0 Å². The van der Waals surface area contributed by atoms with Gasteiger partial charge in [0.25, 0.3) is 0 Å². The molecule has 0 heterocycles. The molecule has 2 aromatic rings. The van der Waals surface area contributed by atoms with Crippen LogP contribution in [0.3, 0.4) is 0 Å². The molecule has 0 aromatic heterocycles. The first-order valence-electron chi connectivity index (χ1n) is 7.58. The van der Waals surface area contributed by atoms with Gasteiger partial charge in [0.2, 0.25) is 5.91 Å². The van der Waals surface area contributed by atoms with E-state index in [0.717, 1.165) is 5.56 Å². The smallest absolute Gasteiger partial charge is 0.243 e. The normalized spacial score (nSPS) is 10.1. The van der Waals surface area contributed by atoms with E-state index in [-0.39, 0.29) is 12.5 Å². The van der Waals surface area contributed by atoms with E-state index in [2.05, 4.69) is 10.6 Å². The predicted molar refractivity (Wildman–Crippen MR) is 99.4 cm³/mol. The Morgan fingerprint density at radius 1 is 0.960 bits per heavy atom. The standard InChI is InChI=1S/C18H21ClN2O4/c1-11-5-6-15(23-2)14(7-11)21-18(22)10-20-13-9-16(24-3)12(19)8-17(13)25-4/h5-9,20H,10H2,1-4H3,(H,21,22). The number of hydrogen-bond acceptors (Lipinski definition) is 5. The van der Waals surface area contributed by atoms with Gasteiger partial charge >= 0.3 is 0 Å². The molecule has 1 amide bonds. The van der Waals surface area contributed by atoms with Crippen molar-refractivity contribution in [1.82, 2.24) is 0 Å². The van der Waals surface area contributed by atoms with Crippen LogP contribution < -0.4 is 24.8 Å². The van der Waals surface area contributed by atoms with Crippen LogP contribution in [0.1, 0.15) is 5.56 Å². The number of aryl methyl sites for hydroxylation is 1. The van der Waals surface area contributed by atoms with Crippen LogP contribution in [-0.4, -0.2) is 33.8 Å². The molecule has 0 aliphatic carbocycles. The molecule has 0 unspecified atom stereocenters. The van der Waals surface area contributed by atoms with Gasteiger partial charge in [0, 0.05) is 12.1 Å². The van der Waals surface area contributed by atoms with Crippen LogP contribution in [0, 0.1) is 6.92 Å². The Hall–Kier alpha value is -2.60. The summed E-state index contributed by atoms with van der Waals surface area (Å²) in [7, 11) is 4.61. The number of nitrogens with one attached hydrogen (secondary N) is 2. The molecule has 0 fully saturated rings. The Balaban J connectivity index is 2.09. The van der Waals surface area contributed by atoms with E-state index in [1.54, 1.807) is 19.2 Å². The molecule has 0 radical (unpaired) electrons. The van der Waals surface area contributed by atoms with Crippen LogP contribution in [0.2, 0.25) is 5.02 Å². The topological polar surface area (TPSA) is 68.8 Å². The van der Waals surface area contributed by atoms with Crippen molar-refractivity contribution in [2.75, 3.05) is 38.5 Å². The highest BCUT2D eigenvalue weighted by molar-refractivity contribution is 6.32. The lowest BCUT2D eigenvalue weighted by Gasteiger charge is -2.15. The van der Waals surface area contributed by atoms with Gasteiger partial charge in [-0.25, -0.2) is 0 Å². The lowest BCUT2D eigenvalue weighted by Crippen LogP contribution is -2.22. The summed E-state index contributed by atoms with van der Waals surface area (Å²) in [6, 6.07) is 8.89. The highest BCUT2D eigenvalue weighted by atomic mass is 35.5. The summed E-state index contributed by atoms with van der Waals surface area (Å²) in [6.45, 7) is 1.98. The summed E-state index contributed by atoms with van der Waals surface area (Å²) in [5.74, 6) is 1.39. The first-order chi connectivity index (χ1) is 12.0. The van der Waals surface area contributed by atoms with Crippen molar-refractivity contribution >= 4 is 28.9 Å². The lowest BCUT2D eigenvalue weighted by molar-refractivity contribution is -0.114. The first-order valence-corrected chi connectivity index (χ1v) is 7.96. The van der Waals surface area contributed by atoms with Crippen LogP contribution >= 0.6 is 11.6 Å². The largest absolute Gasteiger partial charge is 0.495 e. The van der Waals surface area contributed by atoms with Gasteiger partial charge in [-0.05, 0) is 24.6 Å². The average Bonchev–Trinajstić information content (AvgIpc) is 2.60. The third-order valence-corrected chi connectivity index (χ3v) is 3.84. The minimum Gasteiger partial charge on any atom is -0.495 e. The monoisotopic (exact) mass is 364 g/mol. The summed E-state index contributed by atoms with van der Waals surface area (Å²) in [5, 5.41) is 6.28. The molecule has 0 saturated carbocycles. The second-order valence-corrected chi connectivity index (χ2v) is 5.70. The van der Waals surface area contributed by atoms with Crippen molar-refractivity contribution in [3.8, 4) is 17.2 Å². The van der Waals surface area contributed by atoms with Gasteiger partial charge in [0.05, 0.1) is 44.3 Å². The SMILES string of the molecule is COc1cc(NCC(=O)Nc2cc(C)ccc2OC)c(OC)cc1Cl. The van der Waals surface area contributed by atoms with E-state index in [4.69, 9.17) is 25.8 Å². The van der Waals surface area contributed by atoms with E-state index >= 15 is 0 Å². The zero-order chi connectivity index (χ0) is 18.4. The van der Waals surface area contributed by atoms with Crippen LogP contribution in [0.25, 0.3) is 0 Å². The van der Waals surface area contributed by atoms with E-state index in [1.165, 1.54) is 14.2 Å². The molecule has 2 aromatic carbocycles. The van der Waals surface area contributed by atoms with E-state index < -0.39 is 0 Å². The highest BCUT2D eigenvalue weighted by Gasteiger charge is 2.12. The third-order valence-electron chi connectivity index (χ3n) is 3.54. The van der Waals surface area contributed by atoms with Crippen molar-refractivity contribution in [2.45, 2.75) is 6.92 Å². The average molecular weight is 365 g/mol. The number of halogens is 1. The number of ether oxygens (including phenoxy) is 3. The molecule has 0 spiro atoms. The third kappa shape index (κ3) is 4.70. The zero-order valence-electron chi connectivity index (χ0n) is 14.6. The number of carbonyl (C=O) groups is 1. The molecule has 2 rings (SSSR count). The summed E-state index contributed by atoms with van der Waals surface area (Å²) in [6.07, 6.45) is 0. The van der Waals surface area contributed by atoms with E-state index in [9.17, 15) is 4.79 Å². The van der Waals surface area contributed by atoms with Crippen molar-refractivity contribution in [3.05, 3.63) is 40.9 Å². The van der Waals surface area contributed by atoms with E-state index in [0.29, 0.717) is 33.6 Å². The minimum atomic E-state index is -0.222. The second-order valence-electron chi connectivity index (χ2n) is 5.29. The number of amides is 1. The van der Waals surface area contributed by atoms with Crippen LogP contribution in [0.15, 0.2) is 30.3 Å². The molecule has 0 atom stereocenters. The maximum Gasteiger partial charge on any atom is 0.243 e. The first kappa shape index (κ1) is 18.7. The molecule has 6 nitrogen and oxygen atoms in total. The number of anilines is 2. The molecule has 2 N–H and O–H groups in total. The number of methoxy groups -OCH3 is 3. The molecule has 7 heteroatoms. The lowest BCUT2D eigenvalue weighted by atomic mass is 10.2. The maximum absolute atomic E-state index is 12.3. The van der Waals surface area contributed by atoms with Gasteiger partial charge < -0.3 is 24.8 Å². The zero-order valence-corrected chi connectivity index (χ0v) is 15.4. The van der Waals surface area contributed by atoms with Gasteiger partial charge in [-0.1, -0.05) is 17.7 Å². The summed E-state index contributed by atoms with van der Waals surface area (Å²) < 4.78 is 15.7. The van der Waals surface area contributed by atoms with E-state index in [1.807, 2.05) is 25.1 Å². The number of carbonyl (C=O) groups excluding carboxylic acids is 1. The van der Waals surface area contributed by atoms with Crippen molar-refractivity contribution in [1.29, 1.82) is 0 Å². The predicted octanol–water partition coefficient (Wildman–Crippen LogP) is 3.72. The number of hydrogen-bond donors (Lipinski definition) is 2. The molecule has 25 heavy (non-hydrogen) atoms. The van der Waals surface area contributed by atoms with Crippen LogP contribution in [0.4, 0.5) is 11.4 Å². The van der Waals surface area contributed by atoms with Gasteiger partial charge in [0.1, 0.15) is 17.2 Å².